The SMILES string of the molecule is C/C=c1\c(=C/C)n2c3c(cccc13)Sc1ccccc1-2. The van der Waals surface area contributed by atoms with Crippen molar-refractivity contribution in [3.8, 4) is 5.69 Å². The molecule has 2 aromatic carbocycles. The maximum atomic E-state index is 2.41. The number of para-hydroxylation sites is 2. The van der Waals surface area contributed by atoms with Gasteiger partial charge in [0.1, 0.15) is 0 Å². The molecule has 1 aliphatic rings. The lowest BCUT2D eigenvalue weighted by Gasteiger charge is -2.19. The van der Waals surface area contributed by atoms with Crippen LogP contribution in [0.4, 0.5) is 0 Å². The Morgan fingerprint density at radius 3 is 2.50 bits per heavy atom. The molecule has 0 aliphatic carbocycles. The third kappa shape index (κ3) is 1.40. The fourth-order valence-electron chi connectivity index (χ4n) is 3.12. The largest absolute Gasteiger partial charge is 0.307 e. The Hall–Kier alpha value is -1.93. The van der Waals surface area contributed by atoms with E-state index in [-0.39, 0.29) is 0 Å². The van der Waals surface area contributed by atoms with Gasteiger partial charge in [-0.3, -0.25) is 0 Å². The maximum Gasteiger partial charge on any atom is 0.0680 e. The zero-order chi connectivity index (χ0) is 13.7. The molecule has 98 valence electrons. The minimum Gasteiger partial charge on any atom is -0.307 e. The average molecular weight is 277 g/mol. The Balaban J connectivity index is 2.36. The molecule has 20 heavy (non-hydrogen) atoms. The first-order valence-corrected chi connectivity index (χ1v) is 7.70. The molecule has 2 heterocycles. The van der Waals surface area contributed by atoms with Crippen LogP contribution in [0.1, 0.15) is 13.8 Å². The normalized spacial score (nSPS) is 14.9. The maximum absolute atomic E-state index is 2.41. The van der Waals surface area contributed by atoms with Crippen molar-refractivity contribution in [1.82, 2.24) is 4.57 Å². The topological polar surface area (TPSA) is 4.93 Å². The second-order valence-electron chi connectivity index (χ2n) is 4.93. The zero-order valence-corrected chi connectivity index (χ0v) is 12.4. The van der Waals surface area contributed by atoms with Crippen LogP contribution >= 0.6 is 11.8 Å². The van der Waals surface area contributed by atoms with Crippen molar-refractivity contribution in [3.05, 3.63) is 53.0 Å². The van der Waals surface area contributed by atoms with Gasteiger partial charge in [0.2, 0.25) is 0 Å². The van der Waals surface area contributed by atoms with Crippen molar-refractivity contribution in [2.75, 3.05) is 0 Å². The van der Waals surface area contributed by atoms with Crippen molar-refractivity contribution in [3.63, 3.8) is 0 Å². The van der Waals surface area contributed by atoms with E-state index in [1.165, 1.54) is 36.9 Å². The van der Waals surface area contributed by atoms with E-state index in [1.54, 1.807) is 0 Å². The molecule has 0 atom stereocenters. The minimum atomic E-state index is 1.29. The van der Waals surface area contributed by atoms with E-state index >= 15 is 0 Å². The molecular weight excluding hydrogens is 262 g/mol. The number of hydrogen-bond acceptors (Lipinski definition) is 1. The molecule has 1 aromatic heterocycles. The van der Waals surface area contributed by atoms with Crippen molar-refractivity contribution >= 4 is 34.8 Å². The molecule has 0 radical (unpaired) electrons. The molecule has 0 N–H and O–H groups in total. The summed E-state index contributed by atoms with van der Waals surface area (Å²) in [6, 6.07) is 15.3. The van der Waals surface area contributed by atoms with Gasteiger partial charge in [-0.1, -0.05) is 48.2 Å². The van der Waals surface area contributed by atoms with Crippen molar-refractivity contribution in [1.29, 1.82) is 0 Å². The molecule has 4 rings (SSSR count). The van der Waals surface area contributed by atoms with Gasteiger partial charge in [-0.15, -0.1) is 0 Å². The number of rotatable bonds is 0. The minimum absolute atomic E-state index is 1.29. The molecule has 0 amide bonds. The molecular formula is C18H15NS. The van der Waals surface area contributed by atoms with Crippen LogP contribution in [-0.4, -0.2) is 4.57 Å². The molecule has 0 saturated heterocycles. The van der Waals surface area contributed by atoms with E-state index in [0.29, 0.717) is 0 Å². The van der Waals surface area contributed by atoms with Crippen LogP contribution < -0.4 is 10.6 Å². The van der Waals surface area contributed by atoms with Crippen molar-refractivity contribution in [2.45, 2.75) is 23.6 Å². The van der Waals surface area contributed by atoms with E-state index in [0.717, 1.165) is 0 Å². The summed E-state index contributed by atoms with van der Waals surface area (Å²) in [7, 11) is 0. The standard InChI is InChI=1S/C18H15NS/c1-3-12-13-8-7-11-17-18(13)19(14(12)4-2)15-9-5-6-10-16(15)20-17/h3-11H,1-2H3/b12-3-,14-4+. The summed E-state index contributed by atoms with van der Waals surface area (Å²) in [5.74, 6) is 0. The molecule has 0 fully saturated rings. The number of hydrogen-bond donors (Lipinski definition) is 0. The molecule has 0 bridgehead atoms. The molecule has 1 nitrogen and oxygen atoms in total. The van der Waals surface area contributed by atoms with Crippen LogP contribution in [0.5, 0.6) is 0 Å². The van der Waals surface area contributed by atoms with Crippen LogP contribution in [-0.2, 0) is 0 Å². The number of aromatic nitrogens is 1. The smallest absolute Gasteiger partial charge is 0.0680 e. The van der Waals surface area contributed by atoms with Gasteiger partial charge < -0.3 is 4.57 Å². The molecule has 1 aliphatic heterocycles. The van der Waals surface area contributed by atoms with Crippen molar-refractivity contribution < 1.29 is 0 Å². The first-order chi connectivity index (χ1) is 9.85. The summed E-state index contributed by atoms with van der Waals surface area (Å²) in [4.78, 5) is 2.67. The lowest BCUT2D eigenvalue weighted by Crippen LogP contribution is -2.28. The second-order valence-corrected chi connectivity index (χ2v) is 6.02. The molecule has 2 heteroatoms. The van der Waals surface area contributed by atoms with Crippen LogP contribution in [0.3, 0.4) is 0 Å². The number of benzene rings is 2. The summed E-state index contributed by atoms with van der Waals surface area (Å²) < 4.78 is 2.41. The Morgan fingerprint density at radius 1 is 0.900 bits per heavy atom. The molecule has 0 spiro atoms. The van der Waals surface area contributed by atoms with Gasteiger partial charge in [-0.2, -0.15) is 0 Å². The Morgan fingerprint density at radius 2 is 1.70 bits per heavy atom. The first-order valence-electron chi connectivity index (χ1n) is 6.88. The lowest BCUT2D eigenvalue weighted by molar-refractivity contribution is 1.01. The van der Waals surface area contributed by atoms with Gasteiger partial charge in [0.05, 0.1) is 11.2 Å². The van der Waals surface area contributed by atoms with Gasteiger partial charge in [0, 0.05) is 25.7 Å². The van der Waals surface area contributed by atoms with E-state index in [4.69, 9.17) is 0 Å². The van der Waals surface area contributed by atoms with E-state index in [1.807, 2.05) is 11.8 Å². The van der Waals surface area contributed by atoms with Gasteiger partial charge in [-0.25, -0.2) is 0 Å². The fourth-order valence-corrected chi connectivity index (χ4v) is 4.21. The first kappa shape index (κ1) is 11.9. The average Bonchev–Trinajstić information content (AvgIpc) is 2.83. The lowest BCUT2D eigenvalue weighted by atomic mass is 10.2. The Bertz CT molecular complexity index is 947. The quantitative estimate of drug-likeness (QED) is 0.474. The zero-order valence-electron chi connectivity index (χ0n) is 11.6. The highest BCUT2D eigenvalue weighted by Gasteiger charge is 2.20. The number of nitrogens with zero attached hydrogens (tertiary/aromatic N) is 1. The van der Waals surface area contributed by atoms with Crippen LogP contribution in [0.15, 0.2) is 52.3 Å². The van der Waals surface area contributed by atoms with Gasteiger partial charge in [0.15, 0.2) is 0 Å². The summed E-state index contributed by atoms with van der Waals surface area (Å²) in [6.07, 6.45) is 4.43. The van der Waals surface area contributed by atoms with Gasteiger partial charge in [-0.05, 0) is 32.0 Å². The fraction of sp³-hybridized carbons (Fsp3) is 0.111. The van der Waals surface area contributed by atoms with Gasteiger partial charge >= 0.3 is 0 Å². The van der Waals surface area contributed by atoms with Crippen molar-refractivity contribution in [2.24, 2.45) is 0 Å². The van der Waals surface area contributed by atoms with E-state index in [9.17, 15) is 0 Å². The summed E-state index contributed by atoms with van der Waals surface area (Å²) in [5.41, 5.74) is 2.64. The second kappa shape index (κ2) is 4.29. The summed E-state index contributed by atoms with van der Waals surface area (Å²) in [6.45, 7) is 4.24. The van der Waals surface area contributed by atoms with E-state index < -0.39 is 0 Å². The predicted molar refractivity (Wildman–Crippen MR) is 86.9 cm³/mol. The monoisotopic (exact) mass is 277 g/mol. The highest BCUT2D eigenvalue weighted by atomic mass is 32.2. The predicted octanol–water partition coefficient (Wildman–Crippen LogP) is 3.70. The van der Waals surface area contributed by atoms with Crippen LogP contribution in [0, 0.1) is 0 Å². The number of fused-ring (bicyclic) bond motifs is 2. The Labute approximate surface area is 122 Å². The van der Waals surface area contributed by atoms with Gasteiger partial charge in [0.25, 0.3) is 0 Å². The summed E-state index contributed by atoms with van der Waals surface area (Å²) >= 11 is 1.87. The molecule has 0 saturated carbocycles. The highest BCUT2D eigenvalue weighted by Crippen LogP contribution is 2.40. The molecule has 3 aromatic rings. The summed E-state index contributed by atoms with van der Waals surface area (Å²) in [5, 5.41) is 3.98. The third-order valence-corrected chi connectivity index (χ3v) is 5.03. The van der Waals surface area contributed by atoms with Crippen LogP contribution in [0.2, 0.25) is 0 Å². The highest BCUT2D eigenvalue weighted by molar-refractivity contribution is 7.99. The van der Waals surface area contributed by atoms with Crippen LogP contribution in [0.25, 0.3) is 28.7 Å². The van der Waals surface area contributed by atoms with E-state index in [2.05, 4.69) is 73.0 Å². The molecule has 0 unspecified atom stereocenters. The third-order valence-electron chi connectivity index (χ3n) is 3.92. The Kier molecular flexibility index (Phi) is 2.54.